The minimum atomic E-state index is 0.362. The molecule has 0 amide bonds. The molecule has 0 aliphatic carbocycles. The van der Waals surface area contributed by atoms with E-state index in [2.05, 4.69) is 77.1 Å². The molecule has 0 aromatic heterocycles. The van der Waals surface area contributed by atoms with Crippen LogP contribution in [-0.4, -0.2) is 43.8 Å². The Morgan fingerprint density at radius 1 is 0.964 bits per heavy atom. The highest BCUT2D eigenvalue weighted by Crippen LogP contribution is 2.36. The van der Waals surface area contributed by atoms with E-state index in [0.717, 1.165) is 31.8 Å². The number of nitrogens with zero attached hydrogens (tertiary/aromatic N) is 2. The van der Waals surface area contributed by atoms with Gasteiger partial charge < -0.3 is 9.64 Å². The van der Waals surface area contributed by atoms with E-state index < -0.39 is 0 Å². The molecule has 4 rings (SSSR count). The molecule has 2 heterocycles. The Labute approximate surface area is 168 Å². The summed E-state index contributed by atoms with van der Waals surface area (Å²) in [6.45, 7) is 10.6. The van der Waals surface area contributed by atoms with Crippen LogP contribution in [0.1, 0.15) is 30.9 Å². The molecular formula is C25H30N2O. The molecule has 2 aliphatic rings. The number of fused-ring (bicyclic) bond motifs is 2. The van der Waals surface area contributed by atoms with Crippen molar-refractivity contribution in [3.8, 4) is 0 Å². The Morgan fingerprint density at radius 3 is 2.11 bits per heavy atom. The van der Waals surface area contributed by atoms with Crippen LogP contribution >= 0.6 is 0 Å². The van der Waals surface area contributed by atoms with Crippen molar-refractivity contribution in [3.05, 3.63) is 71.8 Å². The number of rotatable bonds is 7. The fourth-order valence-electron chi connectivity index (χ4n) is 4.21. The van der Waals surface area contributed by atoms with Crippen LogP contribution < -0.4 is 4.90 Å². The van der Waals surface area contributed by atoms with Gasteiger partial charge in [0.25, 0.3) is 0 Å². The molecule has 1 atom stereocenters. The first-order valence-electron chi connectivity index (χ1n) is 10.3. The number of hydrogen-bond acceptors (Lipinski definition) is 3. The Hall–Kier alpha value is -2.36. The molecule has 28 heavy (non-hydrogen) atoms. The van der Waals surface area contributed by atoms with Crippen molar-refractivity contribution in [1.82, 2.24) is 4.90 Å². The van der Waals surface area contributed by atoms with Crippen molar-refractivity contribution < 1.29 is 4.74 Å². The third kappa shape index (κ3) is 4.21. The lowest BCUT2D eigenvalue weighted by Crippen LogP contribution is -2.44. The van der Waals surface area contributed by atoms with Crippen LogP contribution in [0.4, 0.5) is 11.4 Å². The van der Waals surface area contributed by atoms with Gasteiger partial charge in [0.05, 0.1) is 19.3 Å². The molecule has 0 saturated carbocycles. The van der Waals surface area contributed by atoms with E-state index in [1.165, 1.54) is 35.3 Å². The van der Waals surface area contributed by atoms with E-state index in [4.69, 9.17) is 4.74 Å². The average molecular weight is 375 g/mol. The quantitative estimate of drug-likeness (QED) is 0.606. The molecule has 0 spiro atoms. The zero-order chi connectivity index (χ0) is 19.3. The van der Waals surface area contributed by atoms with Gasteiger partial charge in [-0.3, -0.25) is 4.90 Å². The Balaban J connectivity index is 1.65. The van der Waals surface area contributed by atoms with Crippen molar-refractivity contribution in [2.75, 3.05) is 37.7 Å². The lowest BCUT2D eigenvalue weighted by atomic mass is 10.1. The molecule has 0 N–H and O–H groups in total. The van der Waals surface area contributed by atoms with E-state index in [9.17, 15) is 0 Å². The molecule has 3 heteroatoms. The molecule has 2 aromatic rings. The molecular weight excluding hydrogens is 344 g/mol. The normalized spacial score (nSPS) is 17.1. The van der Waals surface area contributed by atoms with Gasteiger partial charge in [-0.05, 0) is 56.1 Å². The van der Waals surface area contributed by atoms with E-state index >= 15 is 0 Å². The molecule has 1 unspecified atom stereocenters. The van der Waals surface area contributed by atoms with Crippen molar-refractivity contribution in [2.45, 2.75) is 25.8 Å². The van der Waals surface area contributed by atoms with Gasteiger partial charge in [0.2, 0.25) is 0 Å². The van der Waals surface area contributed by atoms with E-state index in [0.29, 0.717) is 12.6 Å². The van der Waals surface area contributed by atoms with E-state index in [1.54, 1.807) is 0 Å². The van der Waals surface area contributed by atoms with E-state index in [1.807, 2.05) is 6.92 Å². The fraction of sp³-hybridized carbons (Fsp3) is 0.360. The third-order valence-electron chi connectivity index (χ3n) is 5.61. The summed E-state index contributed by atoms with van der Waals surface area (Å²) in [6, 6.07) is 17.7. The van der Waals surface area contributed by atoms with Gasteiger partial charge in [-0.15, -0.1) is 0 Å². The maximum Gasteiger partial charge on any atom is 0.0672 e. The van der Waals surface area contributed by atoms with Gasteiger partial charge in [-0.25, -0.2) is 0 Å². The first kappa shape index (κ1) is 19.0. The first-order chi connectivity index (χ1) is 13.7. The second-order valence-electron chi connectivity index (χ2n) is 7.93. The molecule has 146 valence electrons. The monoisotopic (exact) mass is 374 g/mol. The van der Waals surface area contributed by atoms with Crippen LogP contribution in [0.3, 0.4) is 0 Å². The van der Waals surface area contributed by atoms with Crippen LogP contribution in [0.2, 0.25) is 0 Å². The minimum absolute atomic E-state index is 0.362. The lowest BCUT2D eigenvalue weighted by molar-refractivity contribution is 0.0856. The number of hydrogen-bond donors (Lipinski definition) is 0. The Morgan fingerprint density at radius 2 is 1.54 bits per heavy atom. The van der Waals surface area contributed by atoms with Crippen molar-refractivity contribution >= 4 is 23.5 Å². The zero-order valence-corrected chi connectivity index (χ0v) is 16.8. The smallest absolute Gasteiger partial charge is 0.0672 e. The van der Waals surface area contributed by atoms with Crippen LogP contribution in [0.5, 0.6) is 0 Å². The number of ether oxygens (including phenoxy) is 1. The van der Waals surface area contributed by atoms with Gasteiger partial charge in [-0.2, -0.15) is 0 Å². The van der Waals surface area contributed by atoms with Crippen molar-refractivity contribution in [2.24, 2.45) is 0 Å². The molecule has 0 radical (unpaired) electrons. The highest BCUT2D eigenvalue weighted by molar-refractivity contribution is 5.88. The minimum Gasteiger partial charge on any atom is -0.375 e. The van der Waals surface area contributed by atoms with Crippen LogP contribution in [0.25, 0.3) is 12.2 Å². The van der Waals surface area contributed by atoms with Gasteiger partial charge in [0.1, 0.15) is 0 Å². The summed E-state index contributed by atoms with van der Waals surface area (Å²) >= 11 is 0. The fourth-order valence-corrected chi connectivity index (χ4v) is 4.21. The Bertz CT molecular complexity index is 802. The number of anilines is 2. The summed E-state index contributed by atoms with van der Waals surface area (Å²) < 4.78 is 6.03. The summed E-state index contributed by atoms with van der Waals surface area (Å²) in [7, 11) is 0. The van der Waals surface area contributed by atoms with Crippen LogP contribution in [-0.2, 0) is 4.74 Å². The molecule has 2 aromatic carbocycles. The highest BCUT2D eigenvalue weighted by atomic mass is 16.5. The van der Waals surface area contributed by atoms with Crippen LogP contribution in [0, 0.1) is 0 Å². The van der Waals surface area contributed by atoms with Gasteiger partial charge in [0.15, 0.2) is 0 Å². The van der Waals surface area contributed by atoms with Gasteiger partial charge in [-0.1, -0.05) is 60.7 Å². The summed E-state index contributed by atoms with van der Waals surface area (Å²) in [6.07, 6.45) is 7.03. The zero-order valence-electron chi connectivity index (χ0n) is 16.8. The summed E-state index contributed by atoms with van der Waals surface area (Å²) in [5.41, 5.74) is 6.15. The molecule has 1 saturated heterocycles. The molecule has 1 fully saturated rings. The number of benzene rings is 2. The predicted molar refractivity (Wildman–Crippen MR) is 119 cm³/mol. The summed E-state index contributed by atoms with van der Waals surface area (Å²) in [4.78, 5) is 5.08. The topological polar surface area (TPSA) is 15.7 Å². The molecule has 3 nitrogen and oxygen atoms in total. The van der Waals surface area contributed by atoms with Gasteiger partial charge >= 0.3 is 0 Å². The largest absolute Gasteiger partial charge is 0.375 e. The SMILES string of the molecule is C=C(C)COCC(CN1c2ccccc2C=Cc2ccccc21)N1CCCC1. The average Bonchev–Trinajstić information content (AvgIpc) is 3.19. The second kappa shape index (κ2) is 8.76. The predicted octanol–water partition coefficient (Wildman–Crippen LogP) is 5.37. The third-order valence-corrected chi connectivity index (χ3v) is 5.61. The Kier molecular flexibility index (Phi) is 5.94. The summed E-state index contributed by atoms with van der Waals surface area (Å²) in [5, 5.41) is 0. The van der Waals surface area contributed by atoms with E-state index in [-0.39, 0.29) is 0 Å². The highest BCUT2D eigenvalue weighted by Gasteiger charge is 2.27. The van der Waals surface area contributed by atoms with Crippen molar-refractivity contribution in [3.63, 3.8) is 0 Å². The van der Waals surface area contributed by atoms with Crippen LogP contribution in [0.15, 0.2) is 60.7 Å². The molecule has 2 aliphatic heterocycles. The second-order valence-corrected chi connectivity index (χ2v) is 7.93. The lowest BCUT2D eigenvalue weighted by Gasteiger charge is -2.35. The number of para-hydroxylation sites is 2. The standard InChI is InChI=1S/C25H30N2O/c1-20(2)18-28-19-23(26-15-7-8-16-26)17-27-24-11-5-3-9-21(24)13-14-22-10-4-6-12-25(22)27/h3-6,9-14,23H,1,7-8,15-19H2,2H3. The maximum atomic E-state index is 6.03. The van der Waals surface area contributed by atoms with Crippen molar-refractivity contribution in [1.29, 1.82) is 0 Å². The number of likely N-dealkylation sites (tertiary alicyclic amines) is 1. The molecule has 0 bridgehead atoms. The first-order valence-corrected chi connectivity index (χ1v) is 10.3. The maximum absolute atomic E-state index is 6.03. The summed E-state index contributed by atoms with van der Waals surface area (Å²) in [5.74, 6) is 0. The van der Waals surface area contributed by atoms with Gasteiger partial charge in [0, 0.05) is 17.9 Å².